The molecule has 17 heavy (non-hydrogen) atoms. The quantitative estimate of drug-likeness (QED) is 0.867. The molecule has 0 aromatic carbocycles. The number of rotatable bonds is 2. The smallest absolute Gasteiger partial charge is 0.239 e. The fraction of sp³-hybridized carbons (Fsp3) is 0.583. The van der Waals surface area contributed by atoms with Gasteiger partial charge < -0.3 is 15.4 Å². The first-order valence-electron chi connectivity index (χ1n) is 5.80. The number of ether oxygens (including phenoxy) is 1. The third-order valence-corrected chi connectivity index (χ3v) is 3.58. The molecule has 94 valence electrons. The Morgan fingerprint density at radius 3 is 3.00 bits per heavy atom. The highest BCUT2D eigenvalue weighted by atomic mass is 32.1. The molecule has 0 bridgehead atoms. The lowest BCUT2D eigenvalue weighted by Gasteiger charge is -2.37. The average Bonchev–Trinajstić information content (AvgIpc) is 2.80. The van der Waals surface area contributed by atoms with Gasteiger partial charge in [0.05, 0.1) is 18.7 Å². The van der Waals surface area contributed by atoms with Gasteiger partial charge in [-0.25, -0.2) is 0 Å². The largest absolute Gasteiger partial charge is 0.367 e. The number of carbonyl (C=O) groups is 1. The lowest BCUT2D eigenvalue weighted by atomic mass is 10.1. The number of thiophene rings is 1. The van der Waals surface area contributed by atoms with E-state index in [1.165, 1.54) is 0 Å². The van der Waals surface area contributed by atoms with Crippen LogP contribution in [0.4, 0.5) is 0 Å². The molecule has 2 rings (SSSR count). The van der Waals surface area contributed by atoms with E-state index in [9.17, 15) is 4.79 Å². The molecule has 0 saturated carbocycles. The number of nitrogens with zero attached hydrogens (tertiary/aromatic N) is 1. The van der Waals surface area contributed by atoms with Crippen LogP contribution < -0.4 is 5.73 Å². The summed E-state index contributed by atoms with van der Waals surface area (Å²) in [6, 6.07) is 1.60. The number of hydrogen-bond acceptors (Lipinski definition) is 4. The second kappa shape index (κ2) is 5.16. The minimum Gasteiger partial charge on any atom is -0.367 e. The van der Waals surface area contributed by atoms with Gasteiger partial charge >= 0.3 is 0 Å². The molecule has 1 aliphatic heterocycles. The van der Waals surface area contributed by atoms with Crippen molar-refractivity contribution in [2.24, 2.45) is 5.73 Å². The highest BCUT2D eigenvalue weighted by molar-refractivity contribution is 7.07. The van der Waals surface area contributed by atoms with Crippen LogP contribution in [0.2, 0.25) is 0 Å². The topological polar surface area (TPSA) is 55.6 Å². The summed E-state index contributed by atoms with van der Waals surface area (Å²) in [5.74, 6) is 0.000351. The van der Waals surface area contributed by atoms with E-state index in [1.54, 1.807) is 23.2 Å². The van der Waals surface area contributed by atoms with Crippen molar-refractivity contribution in [1.29, 1.82) is 0 Å². The molecule has 3 atom stereocenters. The van der Waals surface area contributed by atoms with Crippen molar-refractivity contribution in [3.63, 3.8) is 0 Å². The maximum Gasteiger partial charge on any atom is 0.239 e. The standard InChI is InChI=1S/C12H18N2O2S/c1-8-5-14(12(15)9(2)13)6-11(16-8)10-3-4-17-7-10/h3-4,7-9,11H,5-6,13H2,1-2H3/t8?,9-,11?/m1/s1. The van der Waals surface area contributed by atoms with E-state index in [-0.39, 0.29) is 18.1 Å². The first kappa shape index (κ1) is 12.5. The van der Waals surface area contributed by atoms with E-state index in [1.807, 2.05) is 18.4 Å². The number of hydrogen-bond donors (Lipinski definition) is 1. The molecular weight excluding hydrogens is 236 g/mol. The predicted octanol–water partition coefficient (Wildman–Crippen LogP) is 1.38. The van der Waals surface area contributed by atoms with Crippen molar-refractivity contribution in [2.75, 3.05) is 13.1 Å². The summed E-state index contributed by atoms with van der Waals surface area (Å²) in [5.41, 5.74) is 6.79. The van der Waals surface area contributed by atoms with Gasteiger partial charge in [0, 0.05) is 6.54 Å². The van der Waals surface area contributed by atoms with Crippen LogP contribution in [0.15, 0.2) is 16.8 Å². The van der Waals surface area contributed by atoms with Crippen LogP contribution in [0.1, 0.15) is 25.5 Å². The fourth-order valence-corrected chi connectivity index (χ4v) is 2.76. The summed E-state index contributed by atoms with van der Waals surface area (Å²) < 4.78 is 5.86. The van der Waals surface area contributed by atoms with Crippen LogP contribution in [-0.4, -0.2) is 36.0 Å². The second-order valence-corrected chi connectivity index (χ2v) is 5.30. The van der Waals surface area contributed by atoms with Gasteiger partial charge in [-0.1, -0.05) is 0 Å². The number of morpholine rings is 1. The van der Waals surface area contributed by atoms with E-state index in [2.05, 4.69) is 5.38 Å². The Morgan fingerprint density at radius 1 is 1.65 bits per heavy atom. The SMILES string of the molecule is CC1CN(C(=O)[C@@H](C)N)CC(c2ccsc2)O1. The zero-order valence-corrected chi connectivity index (χ0v) is 10.9. The van der Waals surface area contributed by atoms with Gasteiger partial charge in [0.15, 0.2) is 0 Å². The van der Waals surface area contributed by atoms with Crippen molar-refractivity contribution in [3.05, 3.63) is 22.4 Å². The van der Waals surface area contributed by atoms with Gasteiger partial charge in [-0.2, -0.15) is 11.3 Å². The molecule has 2 N–H and O–H groups in total. The normalized spacial score (nSPS) is 26.9. The van der Waals surface area contributed by atoms with Gasteiger partial charge in [0.1, 0.15) is 6.10 Å². The van der Waals surface area contributed by atoms with Gasteiger partial charge in [-0.3, -0.25) is 4.79 Å². The molecule has 0 radical (unpaired) electrons. The molecule has 1 fully saturated rings. The molecule has 1 aromatic heterocycles. The van der Waals surface area contributed by atoms with E-state index in [0.717, 1.165) is 5.56 Å². The number of amides is 1. The van der Waals surface area contributed by atoms with Gasteiger partial charge in [-0.05, 0) is 36.2 Å². The van der Waals surface area contributed by atoms with E-state index < -0.39 is 6.04 Å². The summed E-state index contributed by atoms with van der Waals surface area (Å²) in [6.45, 7) is 4.94. The minimum absolute atomic E-state index is 0.000351. The third kappa shape index (κ3) is 2.86. The summed E-state index contributed by atoms with van der Waals surface area (Å²) >= 11 is 1.64. The Kier molecular flexibility index (Phi) is 3.81. The lowest BCUT2D eigenvalue weighted by molar-refractivity contribution is -0.145. The summed E-state index contributed by atoms with van der Waals surface area (Å²) in [6.07, 6.45) is 0.0315. The Morgan fingerprint density at radius 2 is 2.41 bits per heavy atom. The van der Waals surface area contributed by atoms with Crippen LogP contribution >= 0.6 is 11.3 Å². The molecule has 1 amide bonds. The van der Waals surface area contributed by atoms with Gasteiger partial charge in [0.2, 0.25) is 5.91 Å². The van der Waals surface area contributed by atoms with Crippen molar-refractivity contribution in [2.45, 2.75) is 32.1 Å². The van der Waals surface area contributed by atoms with Crippen LogP contribution in [0, 0.1) is 0 Å². The second-order valence-electron chi connectivity index (χ2n) is 4.52. The van der Waals surface area contributed by atoms with E-state index in [0.29, 0.717) is 13.1 Å². The van der Waals surface area contributed by atoms with Crippen molar-refractivity contribution >= 4 is 17.2 Å². The molecule has 5 heteroatoms. The first-order chi connectivity index (χ1) is 8.08. The highest BCUT2D eigenvalue weighted by Gasteiger charge is 2.30. The van der Waals surface area contributed by atoms with Crippen LogP contribution in [0.3, 0.4) is 0 Å². The monoisotopic (exact) mass is 254 g/mol. The van der Waals surface area contributed by atoms with E-state index >= 15 is 0 Å². The molecule has 1 aliphatic rings. The molecule has 2 unspecified atom stereocenters. The summed E-state index contributed by atoms with van der Waals surface area (Å²) in [4.78, 5) is 13.7. The first-order valence-corrected chi connectivity index (χ1v) is 6.74. The average molecular weight is 254 g/mol. The Balaban J connectivity index is 2.09. The van der Waals surface area contributed by atoms with Crippen molar-refractivity contribution in [1.82, 2.24) is 4.90 Å². The maximum atomic E-state index is 11.9. The van der Waals surface area contributed by atoms with Crippen molar-refractivity contribution < 1.29 is 9.53 Å². The lowest BCUT2D eigenvalue weighted by Crippen LogP contribution is -2.50. The van der Waals surface area contributed by atoms with Crippen LogP contribution in [0.5, 0.6) is 0 Å². The highest BCUT2D eigenvalue weighted by Crippen LogP contribution is 2.26. The number of carbonyl (C=O) groups excluding carboxylic acids is 1. The summed E-state index contributed by atoms with van der Waals surface area (Å²) in [7, 11) is 0. The molecule has 1 saturated heterocycles. The minimum atomic E-state index is -0.441. The third-order valence-electron chi connectivity index (χ3n) is 2.88. The zero-order chi connectivity index (χ0) is 12.4. The predicted molar refractivity (Wildman–Crippen MR) is 67.8 cm³/mol. The Bertz CT molecular complexity index is 378. The van der Waals surface area contributed by atoms with E-state index in [4.69, 9.17) is 10.5 Å². The Hall–Kier alpha value is -0.910. The molecule has 0 spiro atoms. The summed E-state index contributed by atoms with van der Waals surface area (Å²) in [5, 5.41) is 4.09. The van der Waals surface area contributed by atoms with Gasteiger partial charge in [-0.15, -0.1) is 0 Å². The molecule has 4 nitrogen and oxygen atoms in total. The molecule has 0 aliphatic carbocycles. The number of nitrogens with two attached hydrogens (primary N) is 1. The van der Waals surface area contributed by atoms with Gasteiger partial charge in [0.25, 0.3) is 0 Å². The molecule has 1 aromatic rings. The van der Waals surface area contributed by atoms with Crippen molar-refractivity contribution in [3.8, 4) is 0 Å². The maximum absolute atomic E-state index is 11.9. The van der Waals surface area contributed by atoms with Crippen LogP contribution in [-0.2, 0) is 9.53 Å². The zero-order valence-electron chi connectivity index (χ0n) is 10.1. The Labute approximate surface area is 105 Å². The van der Waals surface area contributed by atoms with Crippen LogP contribution in [0.25, 0.3) is 0 Å². The molecule has 2 heterocycles. The molecular formula is C12H18N2O2S. The fourth-order valence-electron chi connectivity index (χ4n) is 2.06.